The molecule has 31 heavy (non-hydrogen) atoms. The Kier molecular flexibility index (Phi) is 7.32. The maximum Gasteiger partial charge on any atom is 0.0612 e. The summed E-state index contributed by atoms with van der Waals surface area (Å²) in [6.07, 6.45) is 19.9. The second-order valence-corrected chi connectivity index (χ2v) is 13.0. The molecule has 4 aliphatic carbocycles. The summed E-state index contributed by atoms with van der Waals surface area (Å²) in [4.78, 5) is 0. The molecule has 0 spiro atoms. The Labute approximate surface area is 194 Å². The first kappa shape index (κ1) is 23.8. The van der Waals surface area contributed by atoms with Crippen LogP contribution in [0.3, 0.4) is 0 Å². The summed E-state index contributed by atoms with van der Waals surface area (Å²) in [6, 6.07) is 0. The minimum atomic E-state index is 0.470. The van der Waals surface area contributed by atoms with Gasteiger partial charge in [-0.05, 0) is 104 Å². The molecule has 0 bridgehead atoms. The molecule has 0 aromatic rings. The van der Waals surface area contributed by atoms with Crippen molar-refractivity contribution < 1.29 is 4.74 Å². The van der Waals surface area contributed by atoms with Crippen molar-refractivity contribution in [2.75, 3.05) is 6.61 Å². The normalized spacial score (nSPS) is 43.2. The highest BCUT2D eigenvalue weighted by Gasteiger charge is 2.59. The van der Waals surface area contributed by atoms with Crippen LogP contribution in [0, 0.1) is 46.3 Å². The second-order valence-electron chi connectivity index (χ2n) is 13.0. The van der Waals surface area contributed by atoms with E-state index in [1.807, 2.05) is 0 Å². The maximum absolute atomic E-state index is 6.19. The standard InChI is InChI=1S/C30H52O/c1-7-19-31-24-15-17-29(5)23(20-24)11-12-25-27-14-13-26(22(4)10-8-9-21(2)3)30(27,6)18-16-28(25)29/h11,21-22,24-28H,7-10,12-20H2,1-6H3/t22?,24-,25?,26?,27?,28?,29-,30+/m0/s1. The topological polar surface area (TPSA) is 9.23 Å². The minimum absolute atomic E-state index is 0.470. The van der Waals surface area contributed by atoms with E-state index in [1.165, 1.54) is 70.6 Å². The van der Waals surface area contributed by atoms with E-state index in [2.05, 4.69) is 47.6 Å². The van der Waals surface area contributed by atoms with Crippen LogP contribution in [0.1, 0.15) is 119 Å². The Bertz CT molecular complexity index is 634. The molecule has 0 amide bonds. The Balaban J connectivity index is 1.45. The van der Waals surface area contributed by atoms with Gasteiger partial charge in [-0.3, -0.25) is 0 Å². The molecule has 0 aliphatic heterocycles. The third-order valence-corrected chi connectivity index (χ3v) is 10.8. The van der Waals surface area contributed by atoms with Crippen LogP contribution in [0.15, 0.2) is 11.6 Å². The van der Waals surface area contributed by atoms with E-state index < -0.39 is 0 Å². The number of rotatable bonds is 8. The van der Waals surface area contributed by atoms with E-state index in [0.29, 0.717) is 16.9 Å². The van der Waals surface area contributed by atoms with Gasteiger partial charge in [-0.15, -0.1) is 0 Å². The fraction of sp³-hybridized carbons (Fsp3) is 0.933. The lowest BCUT2D eigenvalue weighted by Gasteiger charge is -2.58. The van der Waals surface area contributed by atoms with Crippen molar-refractivity contribution in [3.05, 3.63) is 11.6 Å². The van der Waals surface area contributed by atoms with Crippen LogP contribution in [0.4, 0.5) is 0 Å². The Morgan fingerprint density at radius 2 is 1.81 bits per heavy atom. The summed E-state index contributed by atoms with van der Waals surface area (Å²) in [5.41, 5.74) is 2.86. The van der Waals surface area contributed by atoms with Gasteiger partial charge in [0.15, 0.2) is 0 Å². The van der Waals surface area contributed by atoms with E-state index in [1.54, 1.807) is 5.57 Å². The van der Waals surface area contributed by atoms with Gasteiger partial charge in [-0.25, -0.2) is 0 Å². The summed E-state index contributed by atoms with van der Waals surface area (Å²) in [5.74, 6) is 5.62. The van der Waals surface area contributed by atoms with Gasteiger partial charge >= 0.3 is 0 Å². The fourth-order valence-electron chi connectivity index (χ4n) is 9.08. The van der Waals surface area contributed by atoms with Gasteiger partial charge < -0.3 is 4.74 Å². The number of ether oxygens (including phenoxy) is 1. The smallest absolute Gasteiger partial charge is 0.0612 e. The van der Waals surface area contributed by atoms with Crippen LogP contribution in [0.5, 0.6) is 0 Å². The van der Waals surface area contributed by atoms with Crippen molar-refractivity contribution in [2.45, 2.75) is 125 Å². The SMILES string of the molecule is CCCO[C@H]1CC[C@@]2(C)C(=CCC3C4CCC(C(C)CCCC(C)C)[C@@]4(C)CCC32)C1. The zero-order chi connectivity index (χ0) is 22.2. The molecule has 0 radical (unpaired) electrons. The summed E-state index contributed by atoms with van der Waals surface area (Å²) in [7, 11) is 0. The molecular formula is C30H52O. The predicted molar refractivity (Wildman–Crippen MR) is 133 cm³/mol. The van der Waals surface area contributed by atoms with Crippen LogP contribution < -0.4 is 0 Å². The first-order valence-corrected chi connectivity index (χ1v) is 14.1. The summed E-state index contributed by atoms with van der Waals surface area (Å²) in [5, 5.41) is 0. The Morgan fingerprint density at radius 3 is 2.55 bits per heavy atom. The van der Waals surface area contributed by atoms with Crippen molar-refractivity contribution in [3.8, 4) is 0 Å². The van der Waals surface area contributed by atoms with Crippen LogP contribution in [-0.2, 0) is 4.74 Å². The number of hydrogen-bond acceptors (Lipinski definition) is 1. The van der Waals surface area contributed by atoms with Crippen molar-refractivity contribution in [3.63, 3.8) is 0 Å². The second kappa shape index (κ2) is 9.52. The zero-order valence-electron chi connectivity index (χ0n) is 21.7. The van der Waals surface area contributed by atoms with Crippen LogP contribution in [-0.4, -0.2) is 12.7 Å². The van der Waals surface area contributed by atoms with Crippen molar-refractivity contribution in [1.82, 2.24) is 0 Å². The van der Waals surface area contributed by atoms with E-state index in [9.17, 15) is 0 Å². The van der Waals surface area contributed by atoms with E-state index in [0.717, 1.165) is 48.5 Å². The van der Waals surface area contributed by atoms with E-state index >= 15 is 0 Å². The molecule has 4 rings (SSSR count). The molecule has 0 saturated heterocycles. The molecule has 4 aliphatic rings. The first-order chi connectivity index (χ1) is 14.8. The fourth-order valence-corrected chi connectivity index (χ4v) is 9.08. The van der Waals surface area contributed by atoms with Gasteiger partial charge in [-0.2, -0.15) is 0 Å². The van der Waals surface area contributed by atoms with Gasteiger partial charge in [0.05, 0.1) is 6.10 Å². The molecule has 5 unspecified atom stereocenters. The number of allylic oxidation sites excluding steroid dienone is 1. The zero-order valence-corrected chi connectivity index (χ0v) is 21.7. The molecule has 3 saturated carbocycles. The van der Waals surface area contributed by atoms with Crippen molar-refractivity contribution >= 4 is 0 Å². The lowest BCUT2D eigenvalue weighted by Crippen LogP contribution is -2.51. The average molecular weight is 429 g/mol. The molecule has 178 valence electrons. The van der Waals surface area contributed by atoms with E-state index in [-0.39, 0.29) is 0 Å². The molecule has 3 fully saturated rings. The highest BCUT2D eigenvalue weighted by atomic mass is 16.5. The third-order valence-electron chi connectivity index (χ3n) is 10.8. The van der Waals surface area contributed by atoms with Gasteiger partial charge in [0.25, 0.3) is 0 Å². The molecule has 0 aromatic carbocycles. The number of fused-ring (bicyclic) bond motifs is 5. The first-order valence-electron chi connectivity index (χ1n) is 14.1. The molecule has 8 atom stereocenters. The monoisotopic (exact) mass is 428 g/mol. The average Bonchev–Trinajstić information content (AvgIpc) is 3.09. The molecule has 0 heterocycles. The summed E-state index contributed by atoms with van der Waals surface area (Å²) in [6.45, 7) is 15.9. The molecule has 1 nitrogen and oxygen atoms in total. The van der Waals surface area contributed by atoms with E-state index in [4.69, 9.17) is 4.74 Å². The Morgan fingerprint density at radius 1 is 1.00 bits per heavy atom. The largest absolute Gasteiger partial charge is 0.378 e. The van der Waals surface area contributed by atoms with Crippen LogP contribution in [0.2, 0.25) is 0 Å². The Hall–Kier alpha value is -0.300. The highest BCUT2D eigenvalue weighted by molar-refractivity contribution is 5.25. The van der Waals surface area contributed by atoms with Crippen LogP contribution in [0.25, 0.3) is 0 Å². The quantitative estimate of drug-likeness (QED) is 0.351. The van der Waals surface area contributed by atoms with Gasteiger partial charge in [0.2, 0.25) is 0 Å². The minimum Gasteiger partial charge on any atom is -0.378 e. The van der Waals surface area contributed by atoms with Gasteiger partial charge in [-0.1, -0.05) is 72.5 Å². The van der Waals surface area contributed by atoms with Crippen molar-refractivity contribution in [2.24, 2.45) is 46.3 Å². The summed E-state index contributed by atoms with van der Waals surface area (Å²) < 4.78 is 6.19. The predicted octanol–water partition coefficient (Wildman–Crippen LogP) is 8.82. The molecular weight excluding hydrogens is 376 g/mol. The van der Waals surface area contributed by atoms with Crippen LogP contribution >= 0.6 is 0 Å². The number of hydrogen-bond donors (Lipinski definition) is 0. The lowest BCUT2D eigenvalue weighted by atomic mass is 9.47. The van der Waals surface area contributed by atoms with Gasteiger partial charge in [0, 0.05) is 6.61 Å². The van der Waals surface area contributed by atoms with Gasteiger partial charge in [0.1, 0.15) is 0 Å². The maximum atomic E-state index is 6.19. The molecule has 0 N–H and O–H groups in total. The summed E-state index contributed by atoms with van der Waals surface area (Å²) >= 11 is 0. The third kappa shape index (κ3) is 4.43. The molecule has 1 heteroatoms. The molecule has 0 aromatic heterocycles. The lowest BCUT2D eigenvalue weighted by molar-refractivity contribution is -0.0638. The van der Waals surface area contributed by atoms with Crippen molar-refractivity contribution in [1.29, 1.82) is 0 Å². The highest BCUT2D eigenvalue weighted by Crippen LogP contribution is 2.67.